The number of nitrogens with zero attached hydrogens (tertiary/aromatic N) is 2. The topological polar surface area (TPSA) is 96.1 Å². The highest BCUT2D eigenvalue weighted by molar-refractivity contribution is 6.11. The maximum absolute atomic E-state index is 12.8. The minimum Gasteiger partial charge on any atom is -0.497 e. The Kier molecular flexibility index (Phi) is 7.22. The molecular formula is C25H30N4O5. The molecule has 34 heavy (non-hydrogen) atoms. The summed E-state index contributed by atoms with van der Waals surface area (Å²) in [6.07, 6.45) is 0.325. The number of nitrogens with one attached hydrogen (secondary N) is 2. The number of hydrogen-bond acceptors (Lipinski definition) is 7. The van der Waals surface area contributed by atoms with E-state index in [9.17, 15) is 9.59 Å². The third-order valence-corrected chi connectivity index (χ3v) is 6.12. The zero-order valence-corrected chi connectivity index (χ0v) is 19.7. The Labute approximate surface area is 198 Å². The molecule has 1 aliphatic heterocycles. The summed E-state index contributed by atoms with van der Waals surface area (Å²) in [7, 11) is 4.55. The number of ether oxygens (including phenoxy) is 3. The van der Waals surface area contributed by atoms with E-state index in [1.165, 1.54) is 12.8 Å². The smallest absolute Gasteiger partial charge is 0.356 e. The zero-order chi connectivity index (χ0) is 24.1. The normalized spacial score (nSPS) is 14.1. The van der Waals surface area contributed by atoms with Crippen LogP contribution < -0.4 is 19.7 Å². The van der Waals surface area contributed by atoms with Crippen LogP contribution in [0.3, 0.4) is 0 Å². The lowest BCUT2D eigenvalue weighted by Crippen LogP contribution is -2.47. The van der Waals surface area contributed by atoms with Crippen molar-refractivity contribution in [2.45, 2.75) is 6.42 Å². The molecule has 0 radical (unpaired) electrons. The molecule has 0 atom stereocenters. The molecule has 1 amide bonds. The van der Waals surface area contributed by atoms with Crippen molar-refractivity contribution in [3.05, 3.63) is 48.2 Å². The van der Waals surface area contributed by atoms with Crippen molar-refractivity contribution < 1.29 is 23.8 Å². The molecule has 0 bridgehead atoms. The van der Waals surface area contributed by atoms with Gasteiger partial charge in [0, 0.05) is 56.3 Å². The molecule has 0 saturated carbocycles. The molecule has 0 spiro atoms. The van der Waals surface area contributed by atoms with Gasteiger partial charge in [-0.3, -0.25) is 9.69 Å². The number of piperazine rings is 1. The Balaban J connectivity index is 1.35. The summed E-state index contributed by atoms with van der Waals surface area (Å²) in [6, 6.07) is 13.4. The highest BCUT2D eigenvalue weighted by Crippen LogP contribution is 2.31. The SMILES string of the molecule is COC(=O)c1[nH]c2cc(OC)ccc2c1NC(=O)CCN1CCN(c2ccc(OC)cc2)CC1. The summed E-state index contributed by atoms with van der Waals surface area (Å²) in [5, 5.41) is 3.64. The predicted molar refractivity (Wildman–Crippen MR) is 131 cm³/mol. The number of amides is 1. The summed E-state index contributed by atoms with van der Waals surface area (Å²) >= 11 is 0. The van der Waals surface area contributed by atoms with Crippen LogP contribution in [-0.4, -0.2) is 75.8 Å². The Hall–Kier alpha value is -3.72. The number of hydrogen-bond donors (Lipinski definition) is 2. The highest BCUT2D eigenvalue weighted by Gasteiger charge is 2.22. The molecule has 3 aromatic rings. The molecule has 2 heterocycles. The largest absolute Gasteiger partial charge is 0.497 e. The Morgan fingerprint density at radius 2 is 1.62 bits per heavy atom. The standard InChI is InChI=1S/C25H30N4O5/c1-32-18-6-4-17(5-7-18)29-14-12-28(13-15-29)11-10-22(30)27-23-20-9-8-19(33-2)16-21(20)26-24(23)25(31)34-3/h4-9,16,26H,10-15H2,1-3H3,(H,27,30). The van der Waals surface area contributed by atoms with Crippen molar-refractivity contribution in [1.82, 2.24) is 9.88 Å². The van der Waals surface area contributed by atoms with Gasteiger partial charge >= 0.3 is 5.97 Å². The number of H-pyrrole nitrogens is 1. The molecule has 9 heteroatoms. The van der Waals surface area contributed by atoms with Gasteiger partial charge in [-0.25, -0.2) is 4.79 Å². The van der Waals surface area contributed by atoms with Crippen LogP contribution in [0.1, 0.15) is 16.9 Å². The van der Waals surface area contributed by atoms with E-state index in [-0.39, 0.29) is 11.6 Å². The number of fused-ring (bicyclic) bond motifs is 1. The van der Waals surface area contributed by atoms with Gasteiger partial charge in [0.15, 0.2) is 0 Å². The van der Waals surface area contributed by atoms with E-state index in [1.54, 1.807) is 26.4 Å². The molecule has 2 aromatic carbocycles. The van der Waals surface area contributed by atoms with Gasteiger partial charge in [0.25, 0.3) is 0 Å². The predicted octanol–water partition coefficient (Wildman–Crippen LogP) is 3.12. The number of anilines is 2. The molecule has 1 saturated heterocycles. The first-order valence-corrected chi connectivity index (χ1v) is 11.2. The lowest BCUT2D eigenvalue weighted by molar-refractivity contribution is -0.116. The average molecular weight is 467 g/mol. The van der Waals surface area contributed by atoms with Gasteiger partial charge < -0.3 is 29.4 Å². The first kappa shape index (κ1) is 23.4. The lowest BCUT2D eigenvalue weighted by Gasteiger charge is -2.36. The number of benzene rings is 2. The van der Waals surface area contributed by atoms with E-state index in [0.29, 0.717) is 29.9 Å². The fourth-order valence-electron chi connectivity index (χ4n) is 4.17. The molecule has 0 aliphatic carbocycles. The second-order valence-electron chi connectivity index (χ2n) is 8.10. The fraction of sp³-hybridized carbons (Fsp3) is 0.360. The second kappa shape index (κ2) is 10.5. The molecule has 1 aliphatic rings. The first-order valence-electron chi connectivity index (χ1n) is 11.2. The maximum atomic E-state index is 12.8. The molecule has 180 valence electrons. The lowest BCUT2D eigenvalue weighted by atomic mass is 10.2. The van der Waals surface area contributed by atoms with Crippen LogP contribution >= 0.6 is 0 Å². The highest BCUT2D eigenvalue weighted by atomic mass is 16.5. The van der Waals surface area contributed by atoms with Crippen LogP contribution in [0.15, 0.2) is 42.5 Å². The molecule has 9 nitrogen and oxygen atoms in total. The molecule has 4 rings (SSSR count). The Morgan fingerprint density at radius 3 is 2.26 bits per heavy atom. The minimum atomic E-state index is -0.542. The summed E-state index contributed by atoms with van der Waals surface area (Å²) in [4.78, 5) is 32.7. The molecule has 2 N–H and O–H groups in total. The number of methoxy groups -OCH3 is 3. The van der Waals surface area contributed by atoms with Crippen molar-refractivity contribution in [3.63, 3.8) is 0 Å². The van der Waals surface area contributed by atoms with Crippen molar-refractivity contribution in [2.24, 2.45) is 0 Å². The van der Waals surface area contributed by atoms with Crippen LogP contribution in [-0.2, 0) is 9.53 Å². The van der Waals surface area contributed by atoms with Crippen LogP contribution in [0.25, 0.3) is 10.9 Å². The summed E-state index contributed by atoms with van der Waals surface area (Å²) in [5.41, 5.74) is 2.50. The van der Waals surface area contributed by atoms with E-state index in [1.807, 2.05) is 18.2 Å². The minimum absolute atomic E-state index is 0.153. The van der Waals surface area contributed by atoms with Gasteiger partial charge in [-0.1, -0.05) is 0 Å². The number of carbonyl (C=O) groups is 2. The van der Waals surface area contributed by atoms with E-state index in [0.717, 1.165) is 37.3 Å². The van der Waals surface area contributed by atoms with Crippen molar-refractivity contribution in [1.29, 1.82) is 0 Å². The third-order valence-electron chi connectivity index (χ3n) is 6.12. The molecule has 0 unspecified atom stereocenters. The van der Waals surface area contributed by atoms with E-state index in [2.05, 4.69) is 32.2 Å². The molecule has 1 aromatic heterocycles. The van der Waals surface area contributed by atoms with Gasteiger partial charge in [-0.2, -0.15) is 0 Å². The third kappa shape index (κ3) is 5.09. The monoisotopic (exact) mass is 466 g/mol. The number of aromatic amines is 1. The fourth-order valence-corrected chi connectivity index (χ4v) is 4.17. The second-order valence-corrected chi connectivity index (χ2v) is 8.10. The van der Waals surface area contributed by atoms with Crippen molar-refractivity contribution in [2.75, 3.05) is 64.3 Å². The van der Waals surface area contributed by atoms with Crippen LogP contribution in [0.2, 0.25) is 0 Å². The summed E-state index contributed by atoms with van der Waals surface area (Å²) in [6.45, 7) is 4.18. The molecule has 1 fully saturated rings. The van der Waals surface area contributed by atoms with E-state index in [4.69, 9.17) is 14.2 Å². The summed E-state index contributed by atoms with van der Waals surface area (Å²) in [5.74, 6) is 0.800. The quantitative estimate of drug-likeness (QED) is 0.493. The number of carbonyl (C=O) groups excluding carboxylic acids is 2. The number of rotatable bonds is 8. The van der Waals surface area contributed by atoms with Crippen LogP contribution in [0.4, 0.5) is 11.4 Å². The van der Waals surface area contributed by atoms with Gasteiger partial charge in [-0.15, -0.1) is 0 Å². The average Bonchev–Trinajstić information content (AvgIpc) is 3.24. The van der Waals surface area contributed by atoms with Gasteiger partial charge in [0.2, 0.25) is 5.91 Å². The zero-order valence-electron chi connectivity index (χ0n) is 19.7. The maximum Gasteiger partial charge on any atom is 0.356 e. The van der Waals surface area contributed by atoms with E-state index >= 15 is 0 Å². The van der Waals surface area contributed by atoms with Gasteiger partial charge in [0.05, 0.1) is 32.5 Å². The number of esters is 1. The Bertz CT molecular complexity index is 1150. The van der Waals surface area contributed by atoms with Crippen LogP contribution in [0, 0.1) is 0 Å². The van der Waals surface area contributed by atoms with Crippen molar-refractivity contribution >= 4 is 34.2 Å². The van der Waals surface area contributed by atoms with Gasteiger partial charge in [0.1, 0.15) is 17.2 Å². The van der Waals surface area contributed by atoms with Gasteiger partial charge in [-0.05, 0) is 36.4 Å². The first-order chi connectivity index (χ1) is 16.5. The Morgan fingerprint density at radius 1 is 0.941 bits per heavy atom. The summed E-state index contributed by atoms with van der Waals surface area (Å²) < 4.78 is 15.4. The van der Waals surface area contributed by atoms with E-state index < -0.39 is 5.97 Å². The number of aromatic nitrogens is 1. The van der Waals surface area contributed by atoms with Crippen LogP contribution in [0.5, 0.6) is 11.5 Å². The van der Waals surface area contributed by atoms with Crippen molar-refractivity contribution in [3.8, 4) is 11.5 Å². The molecular weight excluding hydrogens is 436 g/mol.